The van der Waals surface area contributed by atoms with Crippen molar-refractivity contribution in [3.8, 4) is 22.6 Å². The number of thioether (sulfide) groups is 1. The highest BCUT2D eigenvalue weighted by molar-refractivity contribution is 8.00. The van der Waals surface area contributed by atoms with Crippen LogP contribution in [0.3, 0.4) is 0 Å². The van der Waals surface area contributed by atoms with Crippen LogP contribution in [0.5, 0.6) is 11.5 Å². The van der Waals surface area contributed by atoms with Gasteiger partial charge in [-0.25, -0.2) is 13.9 Å². The molecule has 1 amide bonds. The topological polar surface area (TPSA) is 105 Å². The summed E-state index contributed by atoms with van der Waals surface area (Å²) in [7, 11) is -3.94. The minimum atomic E-state index is -3.94. The van der Waals surface area contributed by atoms with E-state index in [0.29, 0.717) is 17.3 Å². The van der Waals surface area contributed by atoms with Crippen molar-refractivity contribution in [3.05, 3.63) is 42.5 Å². The Kier molecular flexibility index (Phi) is 5.43. The van der Waals surface area contributed by atoms with E-state index in [1.54, 1.807) is 31.5 Å². The second-order valence-electron chi connectivity index (χ2n) is 7.54. The van der Waals surface area contributed by atoms with Crippen LogP contribution in [0, 0.1) is 0 Å². The molecular formula is C20H22N2O6S2. The van der Waals surface area contributed by atoms with Gasteiger partial charge in [0.1, 0.15) is 6.04 Å². The molecule has 0 bridgehead atoms. The minimum Gasteiger partial charge on any atom is -0.454 e. The highest BCUT2D eigenvalue weighted by atomic mass is 32.2. The number of carbonyl (C=O) groups excluding carboxylic acids is 1. The Hall–Kier alpha value is -2.27. The quantitative estimate of drug-likeness (QED) is 0.545. The molecule has 1 saturated heterocycles. The summed E-state index contributed by atoms with van der Waals surface area (Å²) >= 11 is 1.50. The summed E-state index contributed by atoms with van der Waals surface area (Å²) in [6, 6.07) is 11.0. The molecule has 2 aromatic carbocycles. The number of fused-ring (bicyclic) bond motifs is 1. The molecule has 10 heteroatoms. The number of hydrogen-bond donors (Lipinski definition) is 2. The molecule has 1 fully saturated rings. The molecule has 4 rings (SSSR count). The lowest BCUT2D eigenvalue weighted by Crippen LogP contribution is -2.61. The Bertz CT molecular complexity index is 1070. The van der Waals surface area contributed by atoms with Gasteiger partial charge < -0.3 is 9.47 Å². The number of nitrogens with one attached hydrogen (secondary N) is 1. The van der Waals surface area contributed by atoms with Gasteiger partial charge in [-0.1, -0.05) is 18.2 Å². The van der Waals surface area contributed by atoms with Gasteiger partial charge in [-0.3, -0.25) is 10.0 Å². The molecule has 0 unspecified atom stereocenters. The fourth-order valence-electron chi connectivity index (χ4n) is 3.75. The number of carbonyl (C=O) groups is 1. The second-order valence-corrected chi connectivity index (χ2v) is 11.2. The van der Waals surface area contributed by atoms with E-state index < -0.39 is 26.7 Å². The van der Waals surface area contributed by atoms with Crippen molar-refractivity contribution >= 4 is 27.7 Å². The summed E-state index contributed by atoms with van der Waals surface area (Å²) in [5, 5.41) is 9.15. The summed E-state index contributed by atoms with van der Waals surface area (Å²) < 4.78 is 37.8. The van der Waals surface area contributed by atoms with E-state index in [9.17, 15) is 13.2 Å². The molecule has 0 spiro atoms. The summed E-state index contributed by atoms with van der Waals surface area (Å²) in [6.07, 6.45) is 0. The molecule has 2 heterocycles. The van der Waals surface area contributed by atoms with E-state index in [-0.39, 0.29) is 18.2 Å². The van der Waals surface area contributed by atoms with E-state index in [1.165, 1.54) is 28.2 Å². The Labute approximate surface area is 179 Å². The lowest BCUT2D eigenvalue weighted by Gasteiger charge is -2.43. The van der Waals surface area contributed by atoms with Crippen molar-refractivity contribution in [1.82, 2.24) is 9.79 Å². The lowest BCUT2D eigenvalue weighted by molar-refractivity contribution is -0.134. The van der Waals surface area contributed by atoms with Crippen LogP contribution in [0.1, 0.15) is 13.8 Å². The molecule has 0 saturated carbocycles. The van der Waals surface area contributed by atoms with Gasteiger partial charge in [0.15, 0.2) is 11.5 Å². The maximum absolute atomic E-state index is 13.3. The van der Waals surface area contributed by atoms with Crippen LogP contribution in [0.2, 0.25) is 0 Å². The van der Waals surface area contributed by atoms with Crippen molar-refractivity contribution in [1.29, 1.82) is 0 Å². The first-order chi connectivity index (χ1) is 14.2. The molecule has 2 aliphatic heterocycles. The maximum atomic E-state index is 13.3. The average molecular weight is 451 g/mol. The van der Waals surface area contributed by atoms with E-state index in [0.717, 1.165) is 11.1 Å². The van der Waals surface area contributed by atoms with Crippen LogP contribution < -0.4 is 15.0 Å². The number of ether oxygens (including phenoxy) is 2. The molecule has 160 valence electrons. The van der Waals surface area contributed by atoms with Crippen molar-refractivity contribution in [3.63, 3.8) is 0 Å². The van der Waals surface area contributed by atoms with E-state index in [1.807, 2.05) is 18.2 Å². The number of rotatable bonds is 4. The largest absolute Gasteiger partial charge is 0.454 e. The van der Waals surface area contributed by atoms with Gasteiger partial charge in [0.2, 0.25) is 16.8 Å². The van der Waals surface area contributed by atoms with Crippen LogP contribution in [0.4, 0.5) is 0 Å². The molecule has 0 aromatic heterocycles. The third-order valence-corrected chi connectivity index (χ3v) is 8.49. The predicted molar refractivity (Wildman–Crippen MR) is 112 cm³/mol. The van der Waals surface area contributed by atoms with E-state index in [4.69, 9.17) is 14.7 Å². The van der Waals surface area contributed by atoms with Gasteiger partial charge >= 0.3 is 0 Å². The molecular weight excluding hydrogens is 428 g/mol. The fourth-order valence-corrected chi connectivity index (χ4v) is 6.86. The first-order valence-electron chi connectivity index (χ1n) is 9.34. The summed E-state index contributed by atoms with van der Waals surface area (Å²) in [5.41, 5.74) is 3.31. The van der Waals surface area contributed by atoms with Crippen LogP contribution in [-0.2, 0) is 14.8 Å². The third kappa shape index (κ3) is 3.64. The van der Waals surface area contributed by atoms with E-state index in [2.05, 4.69) is 0 Å². The average Bonchev–Trinajstić information content (AvgIpc) is 3.20. The van der Waals surface area contributed by atoms with Gasteiger partial charge in [0.25, 0.3) is 5.91 Å². The normalized spacial score (nSPS) is 20.7. The number of benzene rings is 2. The highest BCUT2D eigenvalue weighted by Gasteiger charge is 2.48. The fraction of sp³-hybridized carbons (Fsp3) is 0.350. The molecule has 0 radical (unpaired) electrons. The number of hydroxylamine groups is 1. The van der Waals surface area contributed by atoms with Gasteiger partial charge in [0, 0.05) is 17.0 Å². The van der Waals surface area contributed by atoms with Crippen LogP contribution in [0.25, 0.3) is 11.1 Å². The predicted octanol–water partition coefficient (Wildman–Crippen LogP) is 2.47. The molecule has 2 aliphatic rings. The first-order valence-corrected chi connectivity index (χ1v) is 11.8. The molecule has 2 N–H and O–H groups in total. The summed E-state index contributed by atoms with van der Waals surface area (Å²) in [6.45, 7) is 3.95. The second kappa shape index (κ2) is 7.77. The molecule has 0 aliphatic carbocycles. The molecule has 30 heavy (non-hydrogen) atoms. The Morgan fingerprint density at radius 2 is 1.80 bits per heavy atom. The van der Waals surface area contributed by atoms with Crippen LogP contribution >= 0.6 is 11.8 Å². The van der Waals surface area contributed by atoms with Crippen molar-refractivity contribution in [2.45, 2.75) is 29.5 Å². The minimum absolute atomic E-state index is 0.0884. The van der Waals surface area contributed by atoms with Crippen LogP contribution in [0.15, 0.2) is 47.4 Å². The van der Waals surface area contributed by atoms with Crippen LogP contribution in [-0.4, -0.2) is 53.7 Å². The third-order valence-electron chi connectivity index (χ3n) is 5.26. The smallest absolute Gasteiger partial charge is 0.263 e. The van der Waals surface area contributed by atoms with E-state index >= 15 is 0 Å². The van der Waals surface area contributed by atoms with Gasteiger partial charge in [-0.2, -0.15) is 16.1 Å². The summed E-state index contributed by atoms with van der Waals surface area (Å²) in [5.74, 6) is 1.14. The van der Waals surface area contributed by atoms with Crippen molar-refractivity contribution < 1.29 is 27.9 Å². The van der Waals surface area contributed by atoms with Gasteiger partial charge in [-0.05, 0) is 49.2 Å². The number of amides is 1. The lowest BCUT2D eigenvalue weighted by atomic mass is 10.0. The zero-order valence-corrected chi connectivity index (χ0v) is 18.1. The van der Waals surface area contributed by atoms with Gasteiger partial charge in [0.05, 0.1) is 4.90 Å². The zero-order chi connectivity index (χ0) is 21.5. The monoisotopic (exact) mass is 450 g/mol. The molecule has 8 nitrogen and oxygen atoms in total. The highest BCUT2D eigenvalue weighted by Crippen LogP contribution is 2.39. The van der Waals surface area contributed by atoms with Crippen molar-refractivity contribution in [2.75, 3.05) is 19.1 Å². The number of hydrogen-bond acceptors (Lipinski definition) is 7. The molecule has 2 aromatic rings. The van der Waals surface area contributed by atoms with Crippen molar-refractivity contribution in [2.24, 2.45) is 0 Å². The Balaban J connectivity index is 1.65. The SMILES string of the molecule is CC1(C)SCCN(S(=O)(=O)c2ccc(-c3ccc4c(c3)OCO4)cc2)[C@H]1C(=O)NO. The zero-order valence-electron chi connectivity index (χ0n) is 16.5. The summed E-state index contributed by atoms with van der Waals surface area (Å²) in [4.78, 5) is 12.4. The standard InChI is InChI=1S/C20H22N2O6S2/c1-20(2)18(19(23)21-24)22(9-10-29-20)30(25,26)15-6-3-13(4-7-15)14-5-8-16-17(11-14)28-12-27-16/h3-8,11,18,24H,9-10,12H2,1-2H3,(H,21,23)/t18-/m0/s1. The number of sulfonamides is 1. The maximum Gasteiger partial charge on any atom is 0.263 e. The first kappa shape index (κ1) is 21.0. The molecule has 1 atom stereocenters. The Morgan fingerprint density at radius 3 is 2.50 bits per heavy atom. The Morgan fingerprint density at radius 1 is 1.13 bits per heavy atom. The number of nitrogens with zero attached hydrogens (tertiary/aromatic N) is 1. The van der Waals surface area contributed by atoms with Gasteiger partial charge in [-0.15, -0.1) is 0 Å².